The number of alkyl halides is 3. The highest BCUT2D eigenvalue weighted by atomic mass is 19.4. The smallest absolute Gasteiger partial charge is 0.346 e. The predicted octanol–water partition coefficient (Wildman–Crippen LogP) is 6.56. The van der Waals surface area contributed by atoms with Crippen molar-refractivity contribution in [3.05, 3.63) is 101 Å². The van der Waals surface area contributed by atoms with Crippen LogP contribution in [0.5, 0.6) is 0 Å². The Labute approximate surface area is 189 Å². The van der Waals surface area contributed by atoms with Crippen molar-refractivity contribution in [1.29, 1.82) is 0 Å². The number of benzene rings is 3. The molecule has 4 aromatic rings. The molecule has 168 valence electrons. The maximum atomic E-state index is 13.0. The fourth-order valence-electron chi connectivity index (χ4n) is 3.49. The molecular weight excluding hydrogens is 427 g/mol. The third-order valence-electron chi connectivity index (χ3n) is 5.45. The number of halogens is 3. The number of aryl methyl sites for hydroxylation is 1. The largest absolute Gasteiger partial charge is 0.416 e. The average molecular weight is 449 g/mol. The van der Waals surface area contributed by atoms with Gasteiger partial charge in [0.2, 0.25) is 0 Å². The molecule has 2 N–H and O–H groups in total. The van der Waals surface area contributed by atoms with Crippen molar-refractivity contribution in [1.82, 2.24) is 15.5 Å². The summed E-state index contributed by atoms with van der Waals surface area (Å²) < 4.78 is 39.0. The molecule has 0 aliphatic carbocycles. The van der Waals surface area contributed by atoms with Crippen molar-refractivity contribution in [2.24, 2.45) is 0 Å². The van der Waals surface area contributed by atoms with Crippen molar-refractivity contribution in [2.45, 2.75) is 26.1 Å². The molecule has 0 spiro atoms. The second kappa shape index (κ2) is 8.94. The van der Waals surface area contributed by atoms with Gasteiger partial charge in [0.25, 0.3) is 5.91 Å². The van der Waals surface area contributed by atoms with E-state index in [2.05, 4.69) is 15.5 Å². The van der Waals surface area contributed by atoms with Crippen LogP contribution in [0.25, 0.3) is 22.5 Å². The van der Waals surface area contributed by atoms with Crippen LogP contribution in [0, 0.1) is 6.92 Å². The van der Waals surface area contributed by atoms with Crippen LogP contribution in [-0.4, -0.2) is 16.1 Å². The van der Waals surface area contributed by atoms with Crippen LogP contribution in [0.1, 0.15) is 40.0 Å². The molecule has 1 unspecified atom stereocenters. The van der Waals surface area contributed by atoms with Gasteiger partial charge in [-0.25, -0.2) is 0 Å². The van der Waals surface area contributed by atoms with E-state index in [9.17, 15) is 18.0 Å². The predicted molar refractivity (Wildman–Crippen MR) is 122 cm³/mol. The first-order chi connectivity index (χ1) is 15.7. The van der Waals surface area contributed by atoms with E-state index < -0.39 is 11.7 Å². The Morgan fingerprint density at radius 3 is 2.30 bits per heavy atom. The second-order valence-corrected chi connectivity index (χ2v) is 7.93. The first-order valence-corrected chi connectivity index (χ1v) is 10.4. The number of aromatic amines is 1. The molecule has 1 atom stereocenters. The van der Waals surface area contributed by atoms with E-state index in [1.165, 1.54) is 6.07 Å². The van der Waals surface area contributed by atoms with Gasteiger partial charge in [-0.3, -0.25) is 9.89 Å². The van der Waals surface area contributed by atoms with E-state index >= 15 is 0 Å². The van der Waals surface area contributed by atoms with Gasteiger partial charge in [0.15, 0.2) is 0 Å². The lowest BCUT2D eigenvalue weighted by Crippen LogP contribution is -2.26. The van der Waals surface area contributed by atoms with Crippen molar-refractivity contribution < 1.29 is 18.0 Å². The van der Waals surface area contributed by atoms with Gasteiger partial charge in [-0.2, -0.15) is 18.3 Å². The summed E-state index contributed by atoms with van der Waals surface area (Å²) in [6.45, 7) is 3.94. The Kier molecular flexibility index (Phi) is 6.05. The fraction of sp³-hybridized carbons (Fsp3) is 0.154. The minimum absolute atomic E-state index is 0.140. The highest BCUT2D eigenvalue weighted by Gasteiger charge is 2.30. The summed E-state index contributed by atoms with van der Waals surface area (Å²) in [5.41, 5.74) is 4.15. The van der Waals surface area contributed by atoms with Crippen molar-refractivity contribution in [3.63, 3.8) is 0 Å². The molecule has 0 saturated carbocycles. The minimum atomic E-state index is -4.41. The van der Waals surface area contributed by atoms with Crippen LogP contribution in [0.2, 0.25) is 0 Å². The number of carbonyl (C=O) groups is 1. The van der Waals surface area contributed by atoms with Gasteiger partial charge in [0, 0.05) is 16.7 Å². The van der Waals surface area contributed by atoms with E-state index in [0.29, 0.717) is 22.5 Å². The highest BCUT2D eigenvalue weighted by molar-refractivity contribution is 5.94. The van der Waals surface area contributed by atoms with Gasteiger partial charge in [-0.05, 0) is 49.7 Å². The third kappa shape index (κ3) is 5.14. The van der Waals surface area contributed by atoms with E-state index in [0.717, 1.165) is 28.8 Å². The average Bonchev–Trinajstić information content (AvgIpc) is 3.29. The number of nitrogens with one attached hydrogen (secondary N) is 2. The van der Waals surface area contributed by atoms with Gasteiger partial charge in [-0.1, -0.05) is 54.1 Å². The van der Waals surface area contributed by atoms with Gasteiger partial charge >= 0.3 is 6.18 Å². The van der Waals surface area contributed by atoms with Crippen LogP contribution >= 0.6 is 0 Å². The minimum Gasteiger partial charge on any atom is -0.346 e. The van der Waals surface area contributed by atoms with Crippen LogP contribution in [-0.2, 0) is 6.18 Å². The van der Waals surface area contributed by atoms with E-state index in [1.807, 2.05) is 38.1 Å². The molecule has 4 nitrogen and oxygen atoms in total. The number of rotatable bonds is 5. The SMILES string of the molecule is Cc1ccc(C(C)NC(=O)c2ccc(-c3cc(-c4cccc(C(F)(F)F)c4)[nH]n3)cc2)cc1. The lowest BCUT2D eigenvalue weighted by Gasteiger charge is -2.14. The molecule has 1 amide bonds. The molecule has 0 saturated heterocycles. The van der Waals surface area contributed by atoms with Crippen molar-refractivity contribution >= 4 is 5.91 Å². The van der Waals surface area contributed by atoms with Gasteiger partial charge in [-0.15, -0.1) is 0 Å². The van der Waals surface area contributed by atoms with Crippen molar-refractivity contribution in [3.8, 4) is 22.5 Å². The van der Waals surface area contributed by atoms with E-state index in [1.54, 1.807) is 36.4 Å². The Bertz CT molecular complexity index is 1260. The summed E-state index contributed by atoms with van der Waals surface area (Å²) in [5.74, 6) is -0.193. The number of hydrogen-bond donors (Lipinski definition) is 2. The molecule has 0 fully saturated rings. The Morgan fingerprint density at radius 2 is 1.64 bits per heavy atom. The Morgan fingerprint density at radius 1 is 0.939 bits per heavy atom. The summed E-state index contributed by atoms with van der Waals surface area (Å²) in [7, 11) is 0. The quantitative estimate of drug-likeness (QED) is 0.362. The first-order valence-electron chi connectivity index (χ1n) is 10.4. The van der Waals surface area contributed by atoms with Gasteiger partial charge in [0.05, 0.1) is 23.0 Å². The molecule has 1 heterocycles. The Balaban J connectivity index is 1.47. The zero-order valence-corrected chi connectivity index (χ0v) is 18.1. The number of H-pyrrole nitrogens is 1. The molecule has 0 radical (unpaired) electrons. The number of amides is 1. The van der Waals surface area contributed by atoms with E-state index in [4.69, 9.17) is 0 Å². The summed E-state index contributed by atoms with van der Waals surface area (Å²) in [6, 6.07) is 21.5. The lowest BCUT2D eigenvalue weighted by atomic mass is 10.0. The monoisotopic (exact) mass is 449 g/mol. The zero-order valence-electron chi connectivity index (χ0n) is 18.1. The zero-order chi connectivity index (χ0) is 23.6. The Hall–Kier alpha value is -3.87. The van der Waals surface area contributed by atoms with Crippen LogP contribution in [0.15, 0.2) is 78.9 Å². The van der Waals surface area contributed by atoms with Crippen molar-refractivity contribution in [2.75, 3.05) is 0 Å². The van der Waals surface area contributed by atoms with Crippen LogP contribution in [0.4, 0.5) is 13.2 Å². The van der Waals surface area contributed by atoms with Crippen LogP contribution in [0.3, 0.4) is 0 Å². The van der Waals surface area contributed by atoms with Gasteiger partial charge < -0.3 is 5.32 Å². The number of hydrogen-bond acceptors (Lipinski definition) is 2. The van der Waals surface area contributed by atoms with Crippen LogP contribution < -0.4 is 5.32 Å². The molecule has 4 rings (SSSR count). The number of carbonyl (C=O) groups excluding carboxylic acids is 1. The normalized spacial score (nSPS) is 12.4. The summed E-state index contributed by atoms with van der Waals surface area (Å²) in [5, 5.41) is 9.99. The third-order valence-corrected chi connectivity index (χ3v) is 5.45. The maximum absolute atomic E-state index is 13.0. The van der Waals surface area contributed by atoms with E-state index in [-0.39, 0.29) is 11.9 Å². The molecule has 7 heteroatoms. The summed E-state index contributed by atoms with van der Waals surface area (Å²) in [6.07, 6.45) is -4.41. The van der Waals surface area contributed by atoms with Gasteiger partial charge in [0.1, 0.15) is 0 Å². The summed E-state index contributed by atoms with van der Waals surface area (Å²) in [4.78, 5) is 12.6. The molecule has 3 aromatic carbocycles. The second-order valence-electron chi connectivity index (χ2n) is 7.93. The maximum Gasteiger partial charge on any atom is 0.416 e. The first kappa shape index (κ1) is 22.3. The number of nitrogens with zero attached hydrogens (tertiary/aromatic N) is 1. The molecule has 33 heavy (non-hydrogen) atoms. The molecule has 0 aliphatic heterocycles. The fourth-order valence-corrected chi connectivity index (χ4v) is 3.49. The molecule has 0 aliphatic rings. The standard InChI is InChI=1S/C26H22F3N3O/c1-16-6-8-18(9-7-16)17(2)30-25(33)20-12-10-19(11-13-20)23-15-24(32-31-23)21-4-3-5-22(14-21)26(27,28)29/h3-15,17H,1-2H3,(H,30,33)(H,31,32). The highest BCUT2D eigenvalue weighted by Crippen LogP contribution is 2.32. The summed E-state index contributed by atoms with van der Waals surface area (Å²) >= 11 is 0. The molecule has 1 aromatic heterocycles. The topological polar surface area (TPSA) is 57.8 Å². The molecular formula is C26H22F3N3O. The lowest BCUT2D eigenvalue weighted by molar-refractivity contribution is -0.137. The number of aromatic nitrogens is 2. The molecule has 0 bridgehead atoms.